The van der Waals surface area contributed by atoms with E-state index in [2.05, 4.69) is 30.1 Å². The van der Waals surface area contributed by atoms with E-state index in [0.29, 0.717) is 25.3 Å². The highest BCUT2D eigenvalue weighted by Gasteiger charge is 2.28. The molecule has 1 heterocycles. The van der Waals surface area contributed by atoms with Crippen molar-refractivity contribution in [1.29, 1.82) is 5.26 Å². The summed E-state index contributed by atoms with van der Waals surface area (Å²) < 4.78 is 0. The third kappa shape index (κ3) is 3.51. The number of nitriles is 1. The van der Waals surface area contributed by atoms with Gasteiger partial charge in [0.1, 0.15) is 0 Å². The van der Waals surface area contributed by atoms with Crippen LogP contribution in [-0.4, -0.2) is 37.0 Å². The molecule has 0 N–H and O–H groups in total. The summed E-state index contributed by atoms with van der Waals surface area (Å²) >= 11 is 0. The molecule has 4 nitrogen and oxygen atoms in total. The lowest BCUT2D eigenvalue weighted by molar-refractivity contribution is -0.130. The van der Waals surface area contributed by atoms with E-state index in [-0.39, 0.29) is 5.91 Å². The number of anilines is 1. The van der Waals surface area contributed by atoms with Gasteiger partial charge in [0.15, 0.2) is 0 Å². The average Bonchev–Trinajstić information content (AvgIpc) is 2.97. The summed E-state index contributed by atoms with van der Waals surface area (Å²) in [5, 5.41) is 8.50. The van der Waals surface area contributed by atoms with Gasteiger partial charge in [-0.15, -0.1) is 0 Å². The van der Waals surface area contributed by atoms with Crippen LogP contribution in [0.5, 0.6) is 0 Å². The molecule has 4 heteroatoms. The predicted octanol–water partition coefficient (Wildman–Crippen LogP) is 2.42. The summed E-state index contributed by atoms with van der Waals surface area (Å²) in [6.45, 7) is 1.62. The number of carbonyl (C=O) groups is 1. The Hall–Kier alpha value is -2.02. The van der Waals surface area contributed by atoms with E-state index in [0.717, 1.165) is 19.5 Å². The van der Waals surface area contributed by atoms with E-state index >= 15 is 0 Å². The number of benzene rings is 1. The number of hydrogen-bond donors (Lipinski definition) is 0. The fourth-order valence-electron chi connectivity index (χ4n) is 2.64. The van der Waals surface area contributed by atoms with Gasteiger partial charge < -0.3 is 9.80 Å². The first-order chi connectivity index (χ1) is 9.72. The Balaban J connectivity index is 1.86. The molecule has 1 aliphatic heterocycles. The number of amides is 1. The van der Waals surface area contributed by atoms with Crippen LogP contribution in [0.25, 0.3) is 0 Å². The molecule has 1 atom stereocenters. The van der Waals surface area contributed by atoms with Gasteiger partial charge in [0.2, 0.25) is 5.91 Å². The van der Waals surface area contributed by atoms with E-state index in [1.807, 2.05) is 23.1 Å². The number of hydrogen-bond acceptors (Lipinski definition) is 3. The van der Waals surface area contributed by atoms with Gasteiger partial charge in [0, 0.05) is 44.7 Å². The second-order valence-corrected chi connectivity index (χ2v) is 5.24. The second-order valence-electron chi connectivity index (χ2n) is 5.24. The number of nitrogens with zero attached hydrogens (tertiary/aromatic N) is 3. The number of likely N-dealkylation sites (tertiary alicyclic amines) is 1. The Labute approximate surface area is 120 Å². The van der Waals surface area contributed by atoms with Gasteiger partial charge >= 0.3 is 0 Å². The van der Waals surface area contributed by atoms with Crippen LogP contribution >= 0.6 is 0 Å². The van der Waals surface area contributed by atoms with Gasteiger partial charge in [-0.3, -0.25) is 4.79 Å². The number of para-hydroxylation sites is 1. The Bertz CT molecular complexity index is 480. The van der Waals surface area contributed by atoms with Crippen LogP contribution in [-0.2, 0) is 4.79 Å². The van der Waals surface area contributed by atoms with Gasteiger partial charge in [-0.25, -0.2) is 0 Å². The van der Waals surface area contributed by atoms with Crippen molar-refractivity contribution >= 4 is 11.6 Å². The molecule has 0 radical (unpaired) electrons. The number of rotatable bonds is 5. The molecule has 0 saturated carbocycles. The van der Waals surface area contributed by atoms with Crippen LogP contribution in [0.2, 0.25) is 0 Å². The Morgan fingerprint density at radius 2 is 2.20 bits per heavy atom. The molecule has 1 amide bonds. The van der Waals surface area contributed by atoms with Crippen LogP contribution in [0.3, 0.4) is 0 Å². The molecular weight excluding hydrogens is 250 g/mol. The van der Waals surface area contributed by atoms with Crippen LogP contribution in [0.15, 0.2) is 30.3 Å². The molecule has 1 aliphatic rings. The molecule has 1 aromatic rings. The van der Waals surface area contributed by atoms with Crippen molar-refractivity contribution in [1.82, 2.24) is 4.90 Å². The largest absolute Gasteiger partial charge is 0.370 e. The molecule has 1 saturated heterocycles. The summed E-state index contributed by atoms with van der Waals surface area (Å²) in [6.07, 6.45) is 2.64. The molecule has 1 fully saturated rings. The van der Waals surface area contributed by atoms with Crippen molar-refractivity contribution in [3.05, 3.63) is 30.3 Å². The highest BCUT2D eigenvalue weighted by molar-refractivity contribution is 5.76. The Morgan fingerprint density at radius 1 is 1.45 bits per heavy atom. The van der Waals surface area contributed by atoms with Crippen molar-refractivity contribution in [3.8, 4) is 6.07 Å². The zero-order valence-corrected chi connectivity index (χ0v) is 12.0. The predicted molar refractivity (Wildman–Crippen MR) is 79.3 cm³/mol. The SMILES string of the molecule is CN(c1ccccc1)C1CCN(C(=O)CCCC#N)C1. The number of unbranched alkanes of at least 4 members (excludes halogenated alkanes) is 1. The van der Waals surface area contributed by atoms with Gasteiger partial charge in [-0.05, 0) is 25.0 Å². The smallest absolute Gasteiger partial charge is 0.222 e. The third-order valence-electron chi connectivity index (χ3n) is 3.91. The molecule has 20 heavy (non-hydrogen) atoms. The zero-order chi connectivity index (χ0) is 14.4. The first kappa shape index (κ1) is 14.4. The average molecular weight is 271 g/mol. The molecule has 0 spiro atoms. The van der Waals surface area contributed by atoms with Crippen molar-refractivity contribution in [3.63, 3.8) is 0 Å². The molecule has 1 aromatic carbocycles. The zero-order valence-electron chi connectivity index (χ0n) is 12.0. The fourth-order valence-corrected chi connectivity index (χ4v) is 2.64. The van der Waals surface area contributed by atoms with E-state index < -0.39 is 0 Å². The minimum Gasteiger partial charge on any atom is -0.370 e. The summed E-state index contributed by atoms with van der Waals surface area (Å²) in [5.41, 5.74) is 1.19. The molecule has 0 aliphatic carbocycles. The normalized spacial score (nSPS) is 17.8. The lowest BCUT2D eigenvalue weighted by Crippen LogP contribution is -2.36. The van der Waals surface area contributed by atoms with Gasteiger partial charge in [0.05, 0.1) is 6.07 Å². The van der Waals surface area contributed by atoms with E-state index in [1.165, 1.54) is 5.69 Å². The highest BCUT2D eigenvalue weighted by atomic mass is 16.2. The number of carbonyl (C=O) groups excluding carboxylic acids is 1. The Kier molecular flexibility index (Phi) is 5.00. The maximum Gasteiger partial charge on any atom is 0.222 e. The maximum absolute atomic E-state index is 12.0. The summed E-state index contributed by atoms with van der Waals surface area (Å²) in [7, 11) is 2.09. The molecule has 106 valence electrons. The molecule has 0 bridgehead atoms. The molecule has 2 rings (SSSR count). The lowest BCUT2D eigenvalue weighted by atomic mass is 10.2. The van der Waals surface area contributed by atoms with Crippen molar-refractivity contribution in [2.24, 2.45) is 0 Å². The van der Waals surface area contributed by atoms with Gasteiger partial charge in [-0.1, -0.05) is 18.2 Å². The monoisotopic (exact) mass is 271 g/mol. The third-order valence-corrected chi connectivity index (χ3v) is 3.91. The lowest BCUT2D eigenvalue weighted by Gasteiger charge is -2.27. The van der Waals surface area contributed by atoms with Crippen molar-refractivity contribution in [2.45, 2.75) is 31.7 Å². The minimum absolute atomic E-state index is 0.184. The molecule has 0 aromatic heterocycles. The van der Waals surface area contributed by atoms with Crippen LogP contribution in [0.4, 0.5) is 5.69 Å². The first-order valence-electron chi connectivity index (χ1n) is 7.15. The standard InChI is InChI=1S/C16H21N3O/c1-18(14-7-3-2-4-8-14)15-10-12-19(13-15)16(20)9-5-6-11-17/h2-4,7-8,15H,5-6,9-10,12-13H2,1H3. The quantitative estimate of drug-likeness (QED) is 0.773. The van der Waals surface area contributed by atoms with Gasteiger partial charge in [0.25, 0.3) is 0 Å². The van der Waals surface area contributed by atoms with E-state index in [4.69, 9.17) is 5.26 Å². The van der Waals surface area contributed by atoms with Crippen LogP contribution in [0, 0.1) is 11.3 Å². The number of likely N-dealkylation sites (N-methyl/N-ethyl adjacent to an activating group) is 1. The second kappa shape index (κ2) is 6.95. The summed E-state index contributed by atoms with van der Waals surface area (Å²) in [5.74, 6) is 0.184. The highest BCUT2D eigenvalue weighted by Crippen LogP contribution is 2.21. The van der Waals surface area contributed by atoms with Crippen molar-refractivity contribution in [2.75, 3.05) is 25.0 Å². The minimum atomic E-state index is 0.184. The van der Waals surface area contributed by atoms with E-state index in [9.17, 15) is 4.79 Å². The fraction of sp³-hybridized carbons (Fsp3) is 0.500. The van der Waals surface area contributed by atoms with Crippen LogP contribution < -0.4 is 4.90 Å². The van der Waals surface area contributed by atoms with Crippen LogP contribution in [0.1, 0.15) is 25.7 Å². The molecular formula is C16H21N3O. The topological polar surface area (TPSA) is 47.3 Å². The van der Waals surface area contributed by atoms with Crippen molar-refractivity contribution < 1.29 is 4.79 Å². The maximum atomic E-state index is 12.0. The van der Waals surface area contributed by atoms with Gasteiger partial charge in [-0.2, -0.15) is 5.26 Å². The summed E-state index contributed by atoms with van der Waals surface area (Å²) in [6, 6.07) is 12.7. The Morgan fingerprint density at radius 3 is 2.90 bits per heavy atom. The summed E-state index contributed by atoms with van der Waals surface area (Å²) in [4.78, 5) is 16.2. The first-order valence-corrected chi connectivity index (χ1v) is 7.15. The van der Waals surface area contributed by atoms with E-state index in [1.54, 1.807) is 0 Å². The molecule has 1 unspecified atom stereocenters.